The van der Waals surface area contributed by atoms with Gasteiger partial charge in [0.2, 0.25) is 0 Å². The van der Waals surface area contributed by atoms with E-state index in [9.17, 15) is 14.3 Å². The second-order valence-electron chi connectivity index (χ2n) is 11.3. The zero-order valence-electron chi connectivity index (χ0n) is 24.2. The fourth-order valence-electron chi connectivity index (χ4n) is 6.21. The number of hydrogen-bond donors (Lipinski definition) is 2. The summed E-state index contributed by atoms with van der Waals surface area (Å²) in [4.78, 5) is 28.4. The van der Waals surface area contributed by atoms with E-state index in [1.54, 1.807) is 30.3 Å². The minimum Gasteiger partial charge on any atom is -0.508 e. The van der Waals surface area contributed by atoms with Crippen LogP contribution >= 0.6 is 12.4 Å². The van der Waals surface area contributed by atoms with Gasteiger partial charge in [-0.1, -0.05) is 24.3 Å². The van der Waals surface area contributed by atoms with E-state index in [1.807, 2.05) is 13.1 Å². The molecule has 1 atom stereocenters. The largest absolute Gasteiger partial charge is 0.508 e. The first-order valence-corrected chi connectivity index (χ1v) is 14.4. The van der Waals surface area contributed by atoms with Crippen LogP contribution in [0, 0.1) is 17.5 Å². The Bertz CT molecular complexity index is 2070. The Morgan fingerprint density at radius 2 is 1.73 bits per heavy atom. The Morgan fingerprint density at radius 3 is 2.49 bits per heavy atom. The Morgan fingerprint density at radius 1 is 0.956 bits per heavy atom. The van der Waals surface area contributed by atoms with Crippen LogP contribution < -0.4 is 5.56 Å². The molecular formula is C34H29ClF3N5O2. The molecular weight excluding hydrogens is 603 g/mol. The number of piperidine rings is 1. The number of aromatic hydroxyl groups is 1. The molecule has 0 aliphatic carbocycles. The summed E-state index contributed by atoms with van der Waals surface area (Å²) in [5.74, 6) is -1.87. The van der Waals surface area contributed by atoms with Gasteiger partial charge in [0.1, 0.15) is 40.5 Å². The summed E-state index contributed by atoms with van der Waals surface area (Å²) in [6.45, 7) is 1.76. The number of phenolic OH excluding ortho intramolecular Hbond substituents is 1. The molecule has 7 rings (SSSR count). The second kappa shape index (κ2) is 12.0. The van der Waals surface area contributed by atoms with Crippen LogP contribution in [0.5, 0.6) is 5.75 Å². The fourth-order valence-corrected chi connectivity index (χ4v) is 6.21. The van der Waals surface area contributed by atoms with Crippen molar-refractivity contribution in [2.24, 2.45) is 0 Å². The highest BCUT2D eigenvalue weighted by atomic mass is 35.5. The van der Waals surface area contributed by atoms with Crippen LogP contribution in [0.2, 0.25) is 0 Å². The number of para-hydroxylation sites is 2. The Hall–Kier alpha value is -4.67. The van der Waals surface area contributed by atoms with E-state index < -0.39 is 29.1 Å². The van der Waals surface area contributed by atoms with Gasteiger partial charge in [-0.05, 0) is 98.6 Å². The lowest BCUT2D eigenvalue weighted by atomic mass is 9.88. The van der Waals surface area contributed by atoms with Gasteiger partial charge in [0.15, 0.2) is 0 Å². The van der Waals surface area contributed by atoms with Crippen LogP contribution in [0.25, 0.3) is 33.1 Å². The van der Waals surface area contributed by atoms with Crippen LogP contribution in [-0.2, 0) is 0 Å². The van der Waals surface area contributed by atoms with E-state index in [0.29, 0.717) is 22.2 Å². The number of nitrogens with zero attached hydrogens (tertiary/aromatic N) is 4. The summed E-state index contributed by atoms with van der Waals surface area (Å²) in [5, 5.41) is 10.4. The van der Waals surface area contributed by atoms with Gasteiger partial charge < -0.3 is 15.0 Å². The van der Waals surface area contributed by atoms with Crippen molar-refractivity contribution in [2.45, 2.75) is 24.8 Å². The van der Waals surface area contributed by atoms with Gasteiger partial charge in [-0.3, -0.25) is 9.36 Å². The first-order chi connectivity index (χ1) is 21.3. The topological polar surface area (TPSA) is 87.0 Å². The van der Waals surface area contributed by atoms with Gasteiger partial charge >= 0.3 is 0 Å². The molecule has 1 fully saturated rings. The van der Waals surface area contributed by atoms with Crippen LogP contribution in [0.15, 0.2) is 83.9 Å². The van der Waals surface area contributed by atoms with Gasteiger partial charge in [-0.2, -0.15) is 0 Å². The SMILES string of the molecule is CN1CCC(c2ccc(-c3ccc4ncn([C@H](c5nc6ccccc6[nH]5)c5cc(F)ccc5O)c(=O)c4c3F)cc2F)CC1.Cl. The third kappa shape index (κ3) is 5.44. The van der Waals surface area contributed by atoms with Crippen molar-refractivity contribution in [2.75, 3.05) is 20.1 Å². The monoisotopic (exact) mass is 631 g/mol. The molecule has 0 saturated carbocycles. The number of rotatable bonds is 5. The molecule has 1 aliphatic heterocycles. The third-order valence-electron chi connectivity index (χ3n) is 8.59. The number of hydrogen-bond acceptors (Lipinski definition) is 5. The van der Waals surface area contributed by atoms with Crippen molar-refractivity contribution in [3.05, 3.63) is 124 Å². The molecule has 2 N–H and O–H groups in total. The average Bonchev–Trinajstić information content (AvgIpc) is 3.44. The number of nitrogens with one attached hydrogen (secondary N) is 1. The van der Waals surface area contributed by atoms with Crippen molar-refractivity contribution in [3.8, 4) is 16.9 Å². The molecule has 2 aromatic heterocycles. The van der Waals surface area contributed by atoms with Gasteiger partial charge in [0.25, 0.3) is 5.56 Å². The summed E-state index contributed by atoms with van der Waals surface area (Å²) < 4.78 is 47.2. The Kier molecular flexibility index (Phi) is 8.11. The number of likely N-dealkylation sites (tertiary alicyclic amines) is 1. The fraction of sp³-hybridized carbons (Fsp3) is 0.206. The summed E-state index contributed by atoms with van der Waals surface area (Å²) in [5.41, 5.74) is 1.57. The molecule has 0 spiro atoms. The summed E-state index contributed by atoms with van der Waals surface area (Å²) >= 11 is 0. The number of aromatic amines is 1. The molecule has 7 nitrogen and oxygen atoms in total. The van der Waals surface area contributed by atoms with E-state index in [2.05, 4.69) is 19.9 Å². The first kappa shape index (κ1) is 30.4. The summed E-state index contributed by atoms with van der Waals surface area (Å²) in [6.07, 6.45) is 2.91. The molecule has 0 unspecified atom stereocenters. The summed E-state index contributed by atoms with van der Waals surface area (Å²) in [6, 6.07) is 17.1. The zero-order chi connectivity index (χ0) is 30.5. The van der Waals surface area contributed by atoms with Gasteiger partial charge in [-0.25, -0.2) is 23.1 Å². The molecule has 230 valence electrons. The molecule has 1 aliphatic rings. The van der Waals surface area contributed by atoms with E-state index in [-0.39, 0.29) is 51.9 Å². The maximum Gasteiger partial charge on any atom is 0.265 e. The maximum absolute atomic E-state index is 16.3. The molecule has 6 aromatic rings. The van der Waals surface area contributed by atoms with Crippen molar-refractivity contribution in [1.82, 2.24) is 24.4 Å². The molecule has 1 saturated heterocycles. The zero-order valence-corrected chi connectivity index (χ0v) is 25.0. The predicted octanol–water partition coefficient (Wildman–Crippen LogP) is 6.93. The van der Waals surface area contributed by atoms with Gasteiger partial charge in [0, 0.05) is 11.1 Å². The van der Waals surface area contributed by atoms with Crippen molar-refractivity contribution in [1.29, 1.82) is 0 Å². The number of H-pyrrole nitrogens is 1. The number of benzene rings is 4. The van der Waals surface area contributed by atoms with Crippen LogP contribution in [-0.4, -0.2) is 49.7 Å². The quantitative estimate of drug-likeness (QED) is 0.215. The van der Waals surface area contributed by atoms with E-state index in [4.69, 9.17) is 0 Å². The number of imidazole rings is 1. The number of halogens is 4. The standard InChI is InChI=1S/C34H28F3N5O2.ClH/c1-41-14-12-19(13-15-41)22-8-6-20(16-25(22)36)23-9-10-28-30(31(23)37)34(44)42(18-38-28)32(24-17-21(35)7-11-29(24)43)33-39-26-4-2-3-5-27(26)40-33;/h2-11,16-19,32,43H,12-15H2,1H3,(H,39,40);1H/t32-;/m0./s1. The highest BCUT2D eigenvalue weighted by Crippen LogP contribution is 2.35. The highest BCUT2D eigenvalue weighted by molar-refractivity contribution is 5.85. The lowest BCUT2D eigenvalue weighted by Crippen LogP contribution is -2.29. The number of aromatic nitrogens is 4. The molecule has 0 radical (unpaired) electrons. The Balaban J connectivity index is 0.00000357. The van der Waals surface area contributed by atoms with Crippen molar-refractivity contribution in [3.63, 3.8) is 0 Å². The molecule has 3 heterocycles. The first-order valence-electron chi connectivity index (χ1n) is 14.4. The molecule has 11 heteroatoms. The van der Waals surface area contributed by atoms with E-state index in [1.165, 1.54) is 30.6 Å². The van der Waals surface area contributed by atoms with Crippen LogP contribution in [0.1, 0.15) is 41.8 Å². The van der Waals surface area contributed by atoms with Gasteiger partial charge in [-0.15, -0.1) is 12.4 Å². The van der Waals surface area contributed by atoms with Crippen LogP contribution in [0.4, 0.5) is 13.2 Å². The lowest BCUT2D eigenvalue weighted by molar-refractivity contribution is 0.253. The molecule has 0 bridgehead atoms. The van der Waals surface area contributed by atoms with Crippen molar-refractivity contribution < 1.29 is 18.3 Å². The number of phenols is 1. The van der Waals surface area contributed by atoms with Gasteiger partial charge in [0.05, 0.1) is 22.9 Å². The Labute approximate surface area is 262 Å². The predicted molar refractivity (Wildman–Crippen MR) is 169 cm³/mol. The lowest BCUT2D eigenvalue weighted by Gasteiger charge is -2.29. The smallest absolute Gasteiger partial charge is 0.265 e. The minimum atomic E-state index is -1.17. The molecule has 0 amide bonds. The summed E-state index contributed by atoms with van der Waals surface area (Å²) in [7, 11) is 2.04. The second-order valence-corrected chi connectivity index (χ2v) is 11.3. The highest BCUT2D eigenvalue weighted by Gasteiger charge is 2.27. The molecule has 45 heavy (non-hydrogen) atoms. The van der Waals surface area contributed by atoms with E-state index >= 15 is 8.78 Å². The third-order valence-corrected chi connectivity index (χ3v) is 8.59. The molecule has 4 aromatic carbocycles. The van der Waals surface area contributed by atoms with E-state index in [0.717, 1.165) is 42.6 Å². The maximum atomic E-state index is 16.3. The van der Waals surface area contributed by atoms with Crippen LogP contribution in [0.3, 0.4) is 0 Å². The normalized spacial score (nSPS) is 14.9. The number of fused-ring (bicyclic) bond motifs is 2. The average molecular weight is 632 g/mol. The van der Waals surface area contributed by atoms with Crippen molar-refractivity contribution >= 4 is 34.3 Å². The minimum absolute atomic E-state index is 0.